The molecule has 2 rings (SSSR count). The first-order chi connectivity index (χ1) is 11.1. The first-order valence-electron chi connectivity index (χ1n) is 6.94. The topological polar surface area (TPSA) is 82.0 Å². The van der Waals surface area contributed by atoms with Crippen LogP contribution >= 0.6 is 0 Å². The third-order valence-corrected chi connectivity index (χ3v) is 3.07. The molecular formula is C18H15N3O2. The van der Waals surface area contributed by atoms with E-state index in [9.17, 15) is 9.59 Å². The Kier molecular flexibility index (Phi) is 5.26. The molecule has 5 nitrogen and oxygen atoms in total. The number of anilines is 1. The highest BCUT2D eigenvalue weighted by molar-refractivity contribution is 6.06. The number of rotatable bonds is 5. The van der Waals surface area contributed by atoms with E-state index in [1.807, 2.05) is 6.07 Å². The summed E-state index contributed by atoms with van der Waals surface area (Å²) in [5, 5.41) is 14.1. The molecule has 0 atom stereocenters. The first kappa shape index (κ1) is 16.0. The van der Waals surface area contributed by atoms with Crippen molar-refractivity contribution in [2.75, 3.05) is 11.9 Å². The van der Waals surface area contributed by atoms with Crippen molar-refractivity contribution < 1.29 is 9.59 Å². The molecule has 2 aromatic carbocycles. The third kappa shape index (κ3) is 4.29. The number of benzene rings is 2. The molecule has 0 radical (unpaired) electrons. The van der Waals surface area contributed by atoms with E-state index in [-0.39, 0.29) is 11.8 Å². The van der Waals surface area contributed by atoms with Gasteiger partial charge in [0.1, 0.15) is 0 Å². The molecule has 114 valence electrons. The molecule has 0 bridgehead atoms. The normalized spacial score (nSPS) is 9.52. The molecule has 0 aromatic heterocycles. The van der Waals surface area contributed by atoms with Crippen LogP contribution < -0.4 is 10.6 Å². The molecule has 0 aliphatic heterocycles. The summed E-state index contributed by atoms with van der Waals surface area (Å²) in [5.74, 6) is -0.592. The molecule has 0 fully saturated rings. The number of carbonyl (C=O) groups is 2. The maximum Gasteiger partial charge on any atom is 0.255 e. The zero-order valence-electron chi connectivity index (χ0n) is 12.4. The highest BCUT2D eigenvalue weighted by Gasteiger charge is 2.10. The molecule has 2 amide bonds. The summed E-state index contributed by atoms with van der Waals surface area (Å²) >= 11 is 0. The zero-order valence-corrected chi connectivity index (χ0v) is 12.4. The SMILES string of the molecule is C=CCNC(=O)c1cccc(C(=O)Nc2ccc(C#N)cc2)c1. The van der Waals surface area contributed by atoms with E-state index < -0.39 is 0 Å². The Bertz CT molecular complexity index is 774. The molecule has 5 heteroatoms. The standard InChI is InChI=1S/C18H15N3O2/c1-2-10-20-17(22)14-4-3-5-15(11-14)18(23)21-16-8-6-13(12-19)7-9-16/h2-9,11H,1,10H2,(H,20,22)(H,21,23). The van der Waals surface area contributed by atoms with Crippen LogP contribution in [-0.2, 0) is 0 Å². The predicted octanol–water partition coefficient (Wildman–Crippen LogP) is 2.73. The van der Waals surface area contributed by atoms with Crippen LogP contribution in [0.4, 0.5) is 5.69 Å². The highest BCUT2D eigenvalue weighted by atomic mass is 16.2. The Labute approximate surface area is 134 Å². The van der Waals surface area contributed by atoms with E-state index in [1.165, 1.54) is 6.07 Å². The second-order valence-electron chi connectivity index (χ2n) is 4.72. The first-order valence-corrected chi connectivity index (χ1v) is 6.94. The maximum atomic E-state index is 12.2. The van der Waals surface area contributed by atoms with Crippen LogP contribution in [0.25, 0.3) is 0 Å². The van der Waals surface area contributed by atoms with Crippen LogP contribution in [-0.4, -0.2) is 18.4 Å². The maximum absolute atomic E-state index is 12.2. The average Bonchev–Trinajstić information content (AvgIpc) is 2.60. The van der Waals surface area contributed by atoms with Gasteiger partial charge >= 0.3 is 0 Å². The van der Waals surface area contributed by atoms with E-state index in [1.54, 1.807) is 48.5 Å². The largest absolute Gasteiger partial charge is 0.349 e. The lowest BCUT2D eigenvalue weighted by Crippen LogP contribution is -2.23. The number of hydrogen-bond acceptors (Lipinski definition) is 3. The summed E-state index contributed by atoms with van der Waals surface area (Å²) < 4.78 is 0. The number of carbonyl (C=O) groups excluding carboxylic acids is 2. The van der Waals surface area contributed by atoms with Crippen LogP contribution in [0.3, 0.4) is 0 Å². The number of amides is 2. The van der Waals surface area contributed by atoms with E-state index in [0.717, 1.165) is 0 Å². The molecule has 0 heterocycles. The van der Waals surface area contributed by atoms with Gasteiger partial charge in [-0.3, -0.25) is 9.59 Å². The van der Waals surface area contributed by atoms with Gasteiger partial charge in [0.05, 0.1) is 11.6 Å². The van der Waals surface area contributed by atoms with Gasteiger partial charge < -0.3 is 10.6 Å². The Morgan fingerprint density at radius 2 is 1.74 bits per heavy atom. The summed E-state index contributed by atoms with van der Waals surface area (Å²) in [4.78, 5) is 24.1. The average molecular weight is 305 g/mol. The molecule has 0 spiro atoms. The van der Waals surface area contributed by atoms with E-state index in [4.69, 9.17) is 5.26 Å². The van der Waals surface area contributed by atoms with E-state index in [2.05, 4.69) is 17.2 Å². The summed E-state index contributed by atoms with van der Waals surface area (Å²) in [7, 11) is 0. The quantitative estimate of drug-likeness (QED) is 0.833. The van der Waals surface area contributed by atoms with E-state index >= 15 is 0 Å². The number of nitrogens with one attached hydrogen (secondary N) is 2. The third-order valence-electron chi connectivity index (χ3n) is 3.07. The number of nitriles is 1. The van der Waals surface area contributed by atoms with Gasteiger partial charge in [-0.2, -0.15) is 5.26 Å². The van der Waals surface area contributed by atoms with Crippen molar-refractivity contribution >= 4 is 17.5 Å². The van der Waals surface area contributed by atoms with Crippen LogP contribution in [0.1, 0.15) is 26.3 Å². The second-order valence-corrected chi connectivity index (χ2v) is 4.72. The second kappa shape index (κ2) is 7.57. The fourth-order valence-electron chi connectivity index (χ4n) is 1.90. The van der Waals surface area contributed by atoms with Crippen LogP contribution in [0.15, 0.2) is 61.2 Å². The monoisotopic (exact) mass is 305 g/mol. The van der Waals surface area contributed by atoms with Gasteiger partial charge in [-0.25, -0.2) is 0 Å². The Morgan fingerprint density at radius 3 is 2.35 bits per heavy atom. The van der Waals surface area contributed by atoms with Gasteiger partial charge in [0.15, 0.2) is 0 Å². The van der Waals surface area contributed by atoms with Crippen molar-refractivity contribution in [2.45, 2.75) is 0 Å². The van der Waals surface area contributed by atoms with Gasteiger partial charge in [0.25, 0.3) is 11.8 Å². The predicted molar refractivity (Wildman–Crippen MR) is 88.1 cm³/mol. The lowest BCUT2D eigenvalue weighted by Gasteiger charge is -2.07. The molecule has 0 aliphatic rings. The minimum atomic E-state index is -0.326. The smallest absolute Gasteiger partial charge is 0.255 e. The fourth-order valence-corrected chi connectivity index (χ4v) is 1.90. The van der Waals surface area contributed by atoms with Gasteiger partial charge in [0.2, 0.25) is 0 Å². The van der Waals surface area contributed by atoms with Crippen LogP contribution in [0, 0.1) is 11.3 Å². The summed E-state index contributed by atoms with van der Waals surface area (Å²) in [5.41, 5.74) is 1.87. The fraction of sp³-hybridized carbons (Fsp3) is 0.0556. The Morgan fingerprint density at radius 1 is 1.09 bits per heavy atom. The molecule has 2 aromatic rings. The van der Waals surface area contributed by atoms with Gasteiger partial charge in [-0.15, -0.1) is 6.58 Å². The summed E-state index contributed by atoms with van der Waals surface area (Å²) in [6.45, 7) is 3.89. The molecule has 0 saturated carbocycles. The van der Waals surface area contributed by atoms with Crippen molar-refractivity contribution in [1.82, 2.24) is 5.32 Å². The van der Waals surface area contributed by atoms with Crippen LogP contribution in [0.2, 0.25) is 0 Å². The number of nitrogens with zero attached hydrogens (tertiary/aromatic N) is 1. The summed E-state index contributed by atoms with van der Waals surface area (Å²) in [6.07, 6.45) is 1.58. The highest BCUT2D eigenvalue weighted by Crippen LogP contribution is 2.12. The van der Waals surface area contributed by atoms with Crippen molar-refractivity contribution in [1.29, 1.82) is 5.26 Å². The molecule has 0 saturated heterocycles. The Balaban J connectivity index is 2.11. The van der Waals surface area contributed by atoms with Crippen molar-refractivity contribution in [3.05, 3.63) is 77.9 Å². The number of hydrogen-bond donors (Lipinski definition) is 2. The molecule has 23 heavy (non-hydrogen) atoms. The van der Waals surface area contributed by atoms with Crippen LogP contribution in [0.5, 0.6) is 0 Å². The zero-order chi connectivity index (χ0) is 16.7. The van der Waals surface area contributed by atoms with Gasteiger partial charge in [-0.1, -0.05) is 12.1 Å². The van der Waals surface area contributed by atoms with Gasteiger partial charge in [0, 0.05) is 23.4 Å². The Hall–Kier alpha value is -3.39. The molecule has 0 aliphatic carbocycles. The van der Waals surface area contributed by atoms with Crippen molar-refractivity contribution in [3.8, 4) is 6.07 Å². The van der Waals surface area contributed by atoms with Gasteiger partial charge in [-0.05, 0) is 42.5 Å². The summed E-state index contributed by atoms with van der Waals surface area (Å²) in [6, 6.07) is 15.0. The lowest BCUT2D eigenvalue weighted by molar-refractivity contribution is 0.0958. The molecule has 2 N–H and O–H groups in total. The minimum absolute atomic E-state index is 0.266. The molecular weight excluding hydrogens is 290 g/mol. The minimum Gasteiger partial charge on any atom is -0.349 e. The molecule has 0 unspecified atom stereocenters. The van der Waals surface area contributed by atoms with E-state index in [0.29, 0.717) is 28.9 Å². The lowest BCUT2D eigenvalue weighted by atomic mass is 10.1. The van der Waals surface area contributed by atoms with Crippen molar-refractivity contribution in [3.63, 3.8) is 0 Å². The van der Waals surface area contributed by atoms with Crippen molar-refractivity contribution in [2.24, 2.45) is 0 Å².